The van der Waals surface area contributed by atoms with Gasteiger partial charge in [-0.15, -0.1) is 0 Å². The van der Waals surface area contributed by atoms with E-state index in [1.807, 2.05) is 0 Å². The fourth-order valence-corrected chi connectivity index (χ4v) is 3.02. The zero-order chi connectivity index (χ0) is 7.84. The molecule has 1 heterocycles. The van der Waals surface area contributed by atoms with E-state index in [1.54, 1.807) is 0 Å². The van der Waals surface area contributed by atoms with Crippen LogP contribution in [0.1, 0.15) is 26.7 Å². The number of fused-ring (bicyclic) bond motifs is 1. The Hall–Kier alpha value is -0.0400. The Kier molecular flexibility index (Phi) is 1.92. The second-order valence-electron chi connectivity index (χ2n) is 4.57. The summed E-state index contributed by atoms with van der Waals surface area (Å²) >= 11 is 0. The minimum Gasteiger partial charge on any atom is -0.316 e. The first-order chi connectivity index (χ1) is 5.29. The highest BCUT2D eigenvalue weighted by Crippen LogP contribution is 2.42. The number of rotatable bonds is 1. The molecule has 64 valence electrons. The molecule has 1 aliphatic carbocycles. The molecule has 0 amide bonds. The molecule has 1 nitrogen and oxygen atoms in total. The summed E-state index contributed by atoms with van der Waals surface area (Å²) in [4.78, 5) is 0. The van der Waals surface area contributed by atoms with Gasteiger partial charge in [0.05, 0.1) is 0 Å². The van der Waals surface area contributed by atoms with E-state index in [9.17, 15) is 0 Å². The first-order valence-electron chi connectivity index (χ1n) is 4.99. The third kappa shape index (κ3) is 1.20. The Morgan fingerprint density at radius 1 is 1.18 bits per heavy atom. The van der Waals surface area contributed by atoms with Crippen molar-refractivity contribution >= 4 is 0 Å². The highest BCUT2D eigenvalue weighted by atomic mass is 14.9. The molecule has 0 bridgehead atoms. The highest BCUT2D eigenvalue weighted by molar-refractivity contribution is 4.92. The maximum Gasteiger partial charge on any atom is -0.00145 e. The Labute approximate surface area is 69.6 Å². The number of nitrogens with one attached hydrogen (secondary N) is 1. The van der Waals surface area contributed by atoms with E-state index in [4.69, 9.17) is 0 Å². The van der Waals surface area contributed by atoms with Gasteiger partial charge in [-0.05, 0) is 49.6 Å². The van der Waals surface area contributed by atoms with Gasteiger partial charge in [0.25, 0.3) is 0 Å². The second kappa shape index (κ2) is 2.78. The van der Waals surface area contributed by atoms with E-state index in [0.29, 0.717) is 0 Å². The standard InChI is InChI=1S/C10H19N/c1-7(2)9-4-3-8-5-11-6-10(8)9/h7-11H,3-6H2,1-2H3. The van der Waals surface area contributed by atoms with Crippen LogP contribution in [0.2, 0.25) is 0 Å². The van der Waals surface area contributed by atoms with Crippen LogP contribution in [0, 0.1) is 23.7 Å². The topological polar surface area (TPSA) is 12.0 Å². The van der Waals surface area contributed by atoms with E-state index in [-0.39, 0.29) is 0 Å². The first-order valence-corrected chi connectivity index (χ1v) is 4.99. The van der Waals surface area contributed by atoms with E-state index >= 15 is 0 Å². The van der Waals surface area contributed by atoms with Gasteiger partial charge in [0.15, 0.2) is 0 Å². The van der Waals surface area contributed by atoms with Crippen molar-refractivity contribution in [3.63, 3.8) is 0 Å². The largest absolute Gasteiger partial charge is 0.316 e. The van der Waals surface area contributed by atoms with Crippen LogP contribution in [-0.2, 0) is 0 Å². The van der Waals surface area contributed by atoms with Crippen LogP contribution in [0.15, 0.2) is 0 Å². The predicted octanol–water partition coefficient (Wildman–Crippen LogP) is 1.89. The maximum atomic E-state index is 3.51. The Morgan fingerprint density at radius 2 is 2.00 bits per heavy atom. The fourth-order valence-electron chi connectivity index (χ4n) is 3.02. The SMILES string of the molecule is CC(C)C1CCC2CNCC21. The summed E-state index contributed by atoms with van der Waals surface area (Å²) in [5, 5.41) is 3.51. The van der Waals surface area contributed by atoms with Crippen molar-refractivity contribution in [2.75, 3.05) is 13.1 Å². The monoisotopic (exact) mass is 153 g/mol. The minimum absolute atomic E-state index is 0.907. The van der Waals surface area contributed by atoms with Crippen LogP contribution in [0.4, 0.5) is 0 Å². The predicted molar refractivity (Wildman–Crippen MR) is 47.4 cm³/mol. The summed E-state index contributed by atoms with van der Waals surface area (Å²) in [6.45, 7) is 7.36. The lowest BCUT2D eigenvalue weighted by Gasteiger charge is -2.21. The molecule has 0 aromatic heterocycles. The number of hydrogen-bond donors (Lipinski definition) is 1. The van der Waals surface area contributed by atoms with Crippen molar-refractivity contribution in [3.05, 3.63) is 0 Å². The van der Waals surface area contributed by atoms with Crippen molar-refractivity contribution < 1.29 is 0 Å². The molecule has 1 aliphatic heterocycles. The summed E-state index contributed by atoms with van der Waals surface area (Å²) in [7, 11) is 0. The lowest BCUT2D eigenvalue weighted by Crippen LogP contribution is -2.19. The molecule has 0 aromatic rings. The molecule has 1 heteroatoms. The molecule has 3 atom stereocenters. The number of hydrogen-bond acceptors (Lipinski definition) is 1. The molecule has 2 aliphatic rings. The van der Waals surface area contributed by atoms with Gasteiger partial charge in [0.2, 0.25) is 0 Å². The fraction of sp³-hybridized carbons (Fsp3) is 1.00. The van der Waals surface area contributed by atoms with Crippen molar-refractivity contribution in [1.29, 1.82) is 0 Å². The third-order valence-corrected chi connectivity index (χ3v) is 3.67. The van der Waals surface area contributed by atoms with E-state index in [2.05, 4.69) is 19.2 Å². The lowest BCUT2D eigenvalue weighted by molar-refractivity contribution is 0.291. The zero-order valence-electron chi connectivity index (χ0n) is 7.64. The smallest absolute Gasteiger partial charge is 0.00145 e. The average Bonchev–Trinajstić information content (AvgIpc) is 2.41. The van der Waals surface area contributed by atoms with Gasteiger partial charge in [-0.3, -0.25) is 0 Å². The van der Waals surface area contributed by atoms with E-state index in [0.717, 1.165) is 23.7 Å². The van der Waals surface area contributed by atoms with Crippen LogP contribution in [0.3, 0.4) is 0 Å². The van der Waals surface area contributed by atoms with Crippen LogP contribution < -0.4 is 5.32 Å². The molecule has 11 heavy (non-hydrogen) atoms. The molecule has 0 spiro atoms. The van der Waals surface area contributed by atoms with Crippen molar-refractivity contribution in [1.82, 2.24) is 5.32 Å². The molecule has 1 saturated carbocycles. The van der Waals surface area contributed by atoms with E-state index in [1.165, 1.54) is 25.9 Å². The summed E-state index contributed by atoms with van der Waals surface area (Å²) in [5.41, 5.74) is 0. The molecule has 1 N–H and O–H groups in total. The Morgan fingerprint density at radius 3 is 2.73 bits per heavy atom. The van der Waals surface area contributed by atoms with Crippen LogP contribution >= 0.6 is 0 Å². The van der Waals surface area contributed by atoms with Crippen molar-refractivity contribution in [3.8, 4) is 0 Å². The molecular weight excluding hydrogens is 134 g/mol. The minimum atomic E-state index is 0.907. The second-order valence-corrected chi connectivity index (χ2v) is 4.57. The quantitative estimate of drug-likeness (QED) is 0.606. The molecule has 3 unspecified atom stereocenters. The summed E-state index contributed by atoms with van der Waals surface area (Å²) in [5.74, 6) is 3.98. The van der Waals surface area contributed by atoms with Gasteiger partial charge >= 0.3 is 0 Å². The van der Waals surface area contributed by atoms with Crippen molar-refractivity contribution in [2.45, 2.75) is 26.7 Å². The average molecular weight is 153 g/mol. The normalized spacial score (nSPS) is 43.4. The maximum absolute atomic E-state index is 3.51. The summed E-state index contributed by atoms with van der Waals surface area (Å²) in [6, 6.07) is 0. The van der Waals surface area contributed by atoms with Gasteiger partial charge in [0, 0.05) is 0 Å². The molecule has 2 rings (SSSR count). The Bertz CT molecular complexity index is 142. The van der Waals surface area contributed by atoms with Gasteiger partial charge in [0.1, 0.15) is 0 Å². The van der Waals surface area contributed by atoms with Gasteiger partial charge in [-0.2, -0.15) is 0 Å². The van der Waals surface area contributed by atoms with Gasteiger partial charge < -0.3 is 5.32 Å². The van der Waals surface area contributed by atoms with Crippen LogP contribution in [0.25, 0.3) is 0 Å². The zero-order valence-corrected chi connectivity index (χ0v) is 7.64. The van der Waals surface area contributed by atoms with Crippen molar-refractivity contribution in [2.24, 2.45) is 23.7 Å². The summed E-state index contributed by atoms with van der Waals surface area (Å²) < 4.78 is 0. The molecule has 0 radical (unpaired) electrons. The third-order valence-electron chi connectivity index (χ3n) is 3.67. The molecule has 2 fully saturated rings. The highest BCUT2D eigenvalue weighted by Gasteiger charge is 2.39. The molecule has 1 saturated heterocycles. The Balaban J connectivity index is 2.03. The molecule has 0 aromatic carbocycles. The first kappa shape index (κ1) is 7.60. The lowest BCUT2D eigenvalue weighted by atomic mass is 9.84. The summed E-state index contributed by atoms with van der Waals surface area (Å²) in [6.07, 6.45) is 2.98. The van der Waals surface area contributed by atoms with Gasteiger partial charge in [-0.1, -0.05) is 13.8 Å². The van der Waals surface area contributed by atoms with Crippen LogP contribution in [0.5, 0.6) is 0 Å². The molecular formula is C10H19N. The van der Waals surface area contributed by atoms with Gasteiger partial charge in [-0.25, -0.2) is 0 Å². The van der Waals surface area contributed by atoms with E-state index < -0.39 is 0 Å². The van der Waals surface area contributed by atoms with Crippen LogP contribution in [-0.4, -0.2) is 13.1 Å².